The predicted molar refractivity (Wildman–Crippen MR) is 80.1 cm³/mol. The van der Waals surface area contributed by atoms with E-state index in [9.17, 15) is 19.5 Å². The minimum Gasteiger partial charge on any atom is -0.480 e. The molecule has 2 atom stereocenters. The number of carboxylic acids is 1. The summed E-state index contributed by atoms with van der Waals surface area (Å²) in [6, 6.07) is 7.58. The summed E-state index contributed by atoms with van der Waals surface area (Å²) in [6.45, 7) is 1.97. The SMILES string of the molecule is CC(=O)N1CCCC1C(=O)N[C@@H](Cc1ccccc1)C(=O)O. The highest BCUT2D eigenvalue weighted by Crippen LogP contribution is 2.17. The molecule has 1 unspecified atom stereocenters. The number of hydrogen-bond donors (Lipinski definition) is 2. The largest absolute Gasteiger partial charge is 0.480 e. The van der Waals surface area contributed by atoms with E-state index in [0.29, 0.717) is 13.0 Å². The Labute approximate surface area is 129 Å². The zero-order chi connectivity index (χ0) is 16.1. The van der Waals surface area contributed by atoms with Crippen LogP contribution in [0.15, 0.2) is 30.3 Å². The first-order valence-corrected chi connectivity index (χ1v) is 7.33. The minimum absolute atomic E-state index is 0.160. The number of carbonyl (C=O) groups excluding carboxylic acids is 2. The number of amides is 2. The molecule has 2 rings (SSSR count). The van der Waals surface area contributed by atoms with E-state index in [1.54, 1.807) is 0 Å². The molecule has 1 heterocycles. The Kier molecular flexibility index (Phi) is 5.14. The van der Waals surface area contributed by atoms with Crippen molar-refractivity contribution in [2.75, 3.05) is 6.54 Å². The van der Waals surface area contributed by atoms with Crippen LogP contribution in [0, 0.1) is 0 Å². The van der Waals surface area contributed by atoms with Crippen molar-refractivity contribution >= 4 is 17.8 Å². The zero-order valence-electron chi connectivity index (χ0n) is 12.5. The fraction of sp³-hybridized carbons (Fsp3) is 0.438. The highest BCUT2D eigenvalue weighted by Gasteiger charge is 2.34. The Morgan fingerprint density at radius 3 is 2.59 bits per heavy atom. The normalized spacial score (nSPS) is 18.8. The van der Waals surface area contributed by atoms with Gasteiger partial charge in [0.1, 0.15) is 12.1 Å². The van der Waals surface area contributed by atoms with Crippen LogP contribution in [-0.4, -0.2) is 46.4 Å². The Morgan fingerprint density at radius 2 is 2.00 bits per heavy atom. The molecule has 1 fully saturated rings. The van der Waals surface area contributed by atoms with E-state index in [0.717, 1.165) is 12.0 Å². The first-order chi connectivity index (χ1) is 10.5. The first kappa shape index (κ1) is 16.0. The molecule has 1 aliphatic rings. The molecule has 0 radical (unpaired) electrons. The van der Waals surface area contributed by atoms with Crippen LogP contribution in [0.3, 0.4) is 0 Å². The number of likely N-dealkylation sites (tertiary alicyclic amines) is 1. The Bertz CT molecular complexity index is 559. The molecule has 0 aliphatic carbocycles. The molecule has 0 saturated carbocycles. The molecule has 2 N–H and O–H groups in total. The lowest BCUT2D eigenvalue weighted by Gasteiger charge is -2.24. The third-order valence-electron chi connectivity index (χ3n) is 3.86. The highest BCUT2D eigenvalue weighted by atomic mass is 16.4. The molecule has 0 bridgehead atoms. The highest BCUT2D eigenvalue weighted by molar-refractivity contribution is 5.90. The summed E-state index contributed by atoms with van der Waals surface area (Å²) in [6.07, 6.45) is 1.55. The van der Waals surface area contributed by atoms with Crippen LogP contribution in [0.2, 0.25) is 0 Å². The van der Waals surface area contributed by atoms with Gasteiger partial charge in [0, 0.05) is 19.9 Å². The monoisotopic (exact) mass is 304 g/mol. The van der Waals surface area contributed by atoms with Crippen molar-refractivity contribution in [3.8, 4) is 0 Å². The van der Waals surface area contributed by atoms with Gasteiger partial charge in [-0.3, -0.25) is 9.59 Å². The van der Waals surface area contributed by atoms with Gasteiger partial charge in [-0.15, -0.1) is 0 Å². The summed E-state index contributed by atoms with van der Waals surface area (Å²) in [5.74, 6) is -1.63. The molecule has 118 valence electrons. The number of carboxylic acid groups (broad SMARTS) is 1. The smallest absolute Gasteiger partial charge is 0.326 e. The summed E-state index contributed by atoms with van der Waals surface area (Å²) in [4.78, 5) is 36.7. The quantitative estimate of drug-likeness (QED) is 0.843. The molecule has 22 heavy (non-hydrogen) atoms. The molecule has 6 nitrogen and oxygen atoms in total. The molecule has 0 aromatic heterocycles. The van der Waals surface area contributed by atoms with Crippen LogP contribution >= 0.6 is 0 Å². The van der Waals surface area contributed by atoms with Gasteiger partial charge in [0.25, 0.3) is 0 Å². The zero-order valence-corrected chi connectivity index (χ0v) is 12.5. The summed E-state index contributed by atoms with van der Waals surface area (Å²) >= 11 is 0. The minimum atomic E-state index is -1.08. The van der Waals surface area contributed by atoms with E-state index in [1.165, 1.54) is 11.8 Å². The molecule has 1 aromatic rings. The van der Waals surface area contributed by atoms with E-state index in [1.807, 2.05) is 30.3 Å². The summed E-state index contributed by atoms with van der Waals surface area (Å²) in [7, 11) is 0. The third kappa shape index (κ3) is 3.84. The molecule has 1 saturated heterocycles. The second-order valence-corrected chi connectivity index (χ2v) is 5.46. The maximum Gasteiger partial charge on any atom is 0.326 e. The fourth-order valence-corrected chi connectivity index (χ4v) is 2.73. The van der Waals surface area contributed by atoms with Crippen molar-refractivity contribution in [3.05, 3.63) is 35.9 Å². The van der Waals surface area contributed by atoms with E-state index in [-0.39, 0.29) is 12.3 Å². The Balaban J connectivity index is 2.03. The Hall–Kier alpha value is -2.37. The average molecular weight is 304 g/mol. The van der Waals surface area contributed by atoms with Gasteiger partial charge in [-0.1, -0.05) is 30.3 Å². The number of hydrogen-bond acceptors (Lipinski definition) is 3. The molecular weight excluding hydrogens is 284 g/mol. The Morgan fingerprint density at radius 1 is 1.32 bits per heavy atom. The van der Waals surface area contributed by atoms with Crippen molar-refractivity contribution in [3.63, 3.8) is 0 Å². The lowest BCUT2D eigenvalue weighted by Crippen LogP contribution is -2.51. The van der Waals surface area contributed by atoms with E-state index >= 15 is 0 Å². The lowest BCUT2D eigenvalue weighted by atomic mass is 10.1. The van der Waals surface area contributed by atoms with Gasteiger partial charge >= 0.3 is 5.97 Å². The van der Waals surface area contributed by atoms with Crippen molar-refractivity contribution in [1.29, 1.82) is 0 Å². The summed E-state index contributed by atoms with van der Waals surface area (Å²) < 4.78 is 0. The molecule has 1 aromatic carbocycles. The van der Waals surface area contributed by atoms with Crippen LogP contribution in [0.25, 0.3) is 0 Å². The van der Waals surface area contributed by atoms with E-state index < -0.39 is 24.0 Å². The standard InChI is InChI=1S/C16H20N2O4/c1-11(19)18-9-5-8-14(18)15(20)17-13(16(21)22)10-12-6-3-2-4-7-12/h2-4,6-7,13-14H,5,8-10H2,1H3,(H,17,20)(H,21,22)/t13-,14?/m0/s1. The molecule has 0 spiro atoms. The predicted octanol–water partition coefficient (Wildman–Crippen LogP) is 0.809. The van der Waals surface area contributed by atoms with Gasteiger partial charge < -0.3 is 15.3 Å². The number of rotatable bonds is 5. The number of carbonyl (C=O) groups is 3. The lowest BCUT2D eigenvalue weighted by molar-refractivity contribution is -0.143. The average Bonchev–Trinajstić information content (AvgIpc) is 2.97. The topological polar surface area (TPSA) is 86.7 Å². The van der Waals surface area contributed by atoms with Gasteiger partial charge in [-0.05, 0) is 18.4 Å². The van der Waals surface area contributed by atoms with Gasteiger partial charge in [0.15, 0.2) is 0 Å². The molecular formula is C16H20N2O4. The van der Waals surface area contributed by atoms with Crippen LogP contribution in [0.5, 0.6) is 0 Å². The summed E-state index contributed by atoms with van der Waals surface area (Å²) in [5.41, 5.74) is 0.838. The van der Waals surface area contributed by atoms with Crippen molar-refractivity contribution in [2.24, 2.45) is 0 Å². The number of benzene rings is 1. The number of aliphatic carboxylic acids is 1. The van der Waals surface area contributed by atoms with Gasteiger partial charge in [-0.2, -0.15) is 0 Å². The van der Waals surface area contributed by atoms with Crippen LogP contribution in [0.4, 0.5) is 0 Å². The molecule has 1 aliphatic heterocycles. The van der Waals surface area contributed by atoms with Crippen LogP contribution < -0.4 is 5.32 Å². The fourth-order valence-electron chi connectivity index (χ4n) is 2.73. The maximum atomic E-state index is 12.3. The van der Waals surface area contributed by atoms with Crippen molar-refractivity contribution < 1.29 is 19.5 Å². The third-order valence-corrected chi connectivity index (χ3v) is 3.86. The number of nitrogens with one attached hydrogen (secondary N) is 1. The van der Waals surface area contributed by atoms with Crippen LogP contribution in [-0.2, 0) is 20.8 Å². The second kappa shape index (κ2) is 7.06. The van der Waals surface area contributed by atoms with Gasteiger partial charge in [0.05, 0.1) is 0 Å². The second-order valence-electron chi connectivity index (χ2n) is 5.46. The molecule has 6 heteroatoms. The van der Waals surface area contributed by atoms with E-state index in [4.69, 9.17) is 0 Å². The van der Waals surface area contributed by atoms with E-state index in [2.05, 4.69) is 5.32 Å². The van der Waals surface area contributed by atoms with Crippen LogP contribution in [0.1, 0.15) is 25.3 Å². The van der Waals surface area contributed by atoms with Crippen molar-refractivity contribution in [2.45, 2.75) is 38.3 Å². The number of nitrogens with zero attached hydrogens (tertiary/aromatic N) is 1. The van der Waals surface area contributed by atoms with Gasteiger partial charge in [0.2, 0.25) is 11.8 Å². The summed E-state index contributed by atoms with van der Waals surface area (Å²) in [5, 5.41) is 11.9. The maximum absolute atomic E-state index is 12.3. The molecule has 2 amide bonds. The van der Waals surface area contributed by atoms with Gasteiger partial charge in [-0.25, -0.2) is 4.79 Å². The first-order valence-electron chi connectivity index (χ1n) is 7.33. The van der Waals surface area contributed by atoms with Crippen molar-refractivity contribution in [1.82, 2.24) is 10.2 Å².